The molecule has 0 radical (unpaired) electrons. The standard InChI is InChI=1S/C22H30N4O/c1-16-8-10-19(11-9-16)15-26-18(3)20(17(2)24-26)13-23-14-21(25(4)5)22-7-6-12-27-22/h6-12,21,23H,13-15H2,1-5H3/t21-/m1/s1. The summed E-state index contributed by atoms with van der Waals surface area (Å²) in [6, 6.07) is 12.8. The van der Waals surface area contributed by atoms with Crippen LogP contribution in [-0.4, -0.2) is 35.3 Å². The lowest BCUT2D eigenvalue weighted by atomic mass is 10.1. The van der Waals surface area contributed by atoms with Crippen molar-refractivity contribution in [1.29, 1.82) is 0 Å². The van der Waals surface area contributed by atoms with Gasteiger partial charge < -0.3 is 9.73 Å². The molecule has 0 aliphatic rings. The fraction of sp³-hybridized carbons (Fsp3) is 0.409. The van der Waals surface area contributed by atoms with Gasteiger partial charge in [-0.15, -0.1) is 0 Å². The minimum Gasteiger partial charge on any atom is -0.468 e. The molecule has 27 heavy (non-hydrogen) atoms. The van der Waals surface area contributed by atoms with Crippen molar-refractivity contribution in [2.24, 2.45) is 0 Å². The van der Waals surface area contributed by atoms with Gasteiger partial charge in [-0.05, 0) is 52.6 Å². The summed E-state index contributed by atoms with van der Waals surface area (Å²) in [6.07, 6.45) is 1.73. The second-order valence-corrected chi connectivity index (χ2v) is 7.42. The van der Waals surface area contributed by atoms with Crippen molar-refractivity contribution in [3.63, 3.8) is 0 Å². The predicted octanol–water partition coefficient (Wildman–Crippen LogP) is 3.84. The molecule has 2 heterocycles. The summed E-state index contributed by atoms with van der Waals surface area (Å²) < 4.78 is 7.69. The highest BCUT2D eigenvalue weighted by atomic mass is 16.3. The lowest BCUT2D eigenvalue weighted by Gasteiger charge is -2.22. The number of rotatable bonds is 8. The van der Waals surface area contributed by atoms with E-state index >= 15 is 0 Å². The van der Waals surface area contributed by atoms with Crippen LogP contribution in [0.3, 0.4) is 0 Å². The van der Waals surface area contributed by atoms with Crippen LogP contribution in [0.5, 0.6) is 0 Å². The van der Waals surface area contributed by atoms with Gasteiger partial charge >= 0.3 is 0 Å². The summed E-state index contributed by atoms with van der Waals surface area (Å²) in [7, 11) is 4.15. The number of aryl methyl sites for hydroxylation is 2. The van der Waals surface area contributed by atoms with Gasteiger partial charge in [-0.2, -0.15) is 5.10 Å². The molecule has 3 aromatic rings. The van der Waals surface area contributed by atoms with Crippen LogP contribution in [0.4, 0.5) is 0 Å². The fourth-order valence-electron chi connectivity index (χ4n) is 3.36. The van der Waals surface area contributed by atoms with E-state index in [1.54, 1.807) is 6.26 Å². The topological polar surface area (TPSA) is 46.2 Å². The van der Waals surface area contributed by atoms with Gasteiger partial charge in [0.1, 0.15) is 5.76 Å². The normalized spacial score (nSPS) is 12.7. The number of benzene rings is 1. The van der Waals surface area contributed by atoms with Gasteiger partial charge in [0.25, 0.3) is 0 Å². The van der Waals surface area contributed by atoms with Crippen molar-refractivity contribution in [3.05, 3.63) is 76.5 Å². The van der Waals surface area contributed by atoms with E-state index in [0.29, 0.717) is 0 Å². The molecule has 1 aromatic carbocycles. The largest absolute Gasteiger partial charge is 0.468 e. The molecule has 0 aliphatic heterocycles. The van der Waals surface area contributed by atoms with Gasteiger partial charge in [0, 0.05) is 24.3 Å². The Kier molecular flexibility index (Phi) is 6.14. The second kappa shape index (κ2) is 8.55. The molecule has 1 N–H and O–H groups in total. The van der Waals surface area contributed by atoms with Crippen LogP contribution < -0.4 is 5.32 Å². The van der Waals surface area contributed by atoms with Crippen LogP contribution in [0, 0.1) is 20.8 Å². The first kappa shape index (κ1) is 19.4. The van der Waals surface area contributed by atoms with E-state index in [-0.39, 0.29) is 6.04 Å². The molecule has 1 atom stereocenters. The molecule has 0 aliphatic carbocycles. The molecule has 144 valence electrons. The predicted molar refractivity (Wildman–Crippen MR) is 109 cm³/mol. The molecule has 0 saturated carbocycles. The van der Waals surface area contributed by atoms with Crippen LogP contribution in [0.1, 0.15) is 39.9 Å². The van der Waals surface area contributed by atoms with Gasteiger partial charge in [-0.3, -0.25) is 9.58 Å². The molecular formula is C22H30N4O. The molecule has 5 heteroatoms. The van der Waals surface area contributed by atoms with Crippen molar-refractivity contribution in [2.45, 2.75) is 39.9 Å². The molecule has 3 rings (SSSR count). The number of likely N-dealkylation sites (N-methyl/N-ethyl adjacent to an activating group) is 1. The zero-order valence-electron chi connectivity index (χ0n) is 17.0. The summed E-state index contributed by atoms with van der Waals surface area (Å²) >= 11 is 0. The summed E-state index contributed by atoms with van der Waals surface area (Å²) in [5.74, 6) is 0.982. The maximum atomic E-state index is 5.59. The summed E-state index contributed by atoms with van der Waals surface area (Å²) in [5, 5.41) is 8.34. The third-order valence-electron chi connectivity index (χ3n) is 5.12. The van der Waals surface area contributed by atoms with E-state index in [9.17, 15) is 0 Å². The quantitative estimate of drug-likeness (QED) is 0.658. The zero-order valence-corrected chi connectivity index (χ0v) is 17.0. The number of aromatic nitrogens is 2. The minimum absolute atomic E-state index is 0.211. The molecule has 5 nitrogen and oxygen atoms in total. The maximum absolute atomic E-state index is 5.59. The van der Waals surface area contributed by atoms with Crippen LogP contribution in [0.15, 0.2) is 47.1 Å². The third-order valence-corrected chi connectivity index (χ3v) is 5.12. The van der Waals surface area contributed by atoms with Crippen molar-refractivity contribution in [2.75, 3.05) is 20.6 Å². The highest BCUT2D eigenvalue weighted by Gasteiger charge is 2.17. The van der Waals surface area contributed by atoms with E-state index in [0.717, 1.165) is 31.1 Å². The lowest BCUT2D eigenvalue weighted by Crippen LogP contribution is -2.30. The number of nitrogens with zero attached hydrogens (tertiary/aromatic N) is 3. The molecule has 0 fully saturated rings. The van der Waals surface area contributed by atoms with Gasteiger partial charge in [0.05, 0.1) is 24.5 Å². The third kappa shape index (κ3) is 4.67. The molecule has 0 unspecified atom stereocenters. The Hall–Kier alpha value is -2.37. The Morgan fingerprint density at radius 1 is 1.11 bits per heavy atom. The van der Waals surface area contributed by atoms with E-state index < -0.39 is 0 Å². The average Bonchev–Trinajstić information content (AvgIpc) is 3.24. The Bertz CT molecular complexity index is 847. The monoisotopic (exact) mass is 366 g/mol. The van der Waals surface area contributed by atoms with Crippen LogP contribution in [0.25, 0.3) is 0 Å². The number of hydrogen-bond donors (Lipinski definition) is 1. The molecule has 0 amide bonds. The first-order chi connectivity index (χ1) is 13.0. The average molecular weight is 367 g/mol. The smallest absolute Gasteiger partial charge is 0.122 e. The van der Waals surface area contributed by atoms with E-state index in [2.05, 4.69) is 74.0 Å². The Labute approximate surface area is 162 Å². The van der Waals surface area contributed by atoms with Crippen molar-refractivity contribution >= 4 is 0 Å². The van der Waals surface area contributed by atoms with Crippen molar-refractivity contribution in [3.8, 4) is 0 Å². The zero-order chi connectivity index (χ0) is 19.4. The Balaban J connectivity index is 1.65. The van der Waals surface area contributed by atoms with Crippen molar-refractivity contribution < 1.29 is 4.42 Å². The van der Waals surface area contributed by atoms with Crippen molar-refractivity contribution in [1.82, 2.24) is 20.0 Å². The molecular weight excluding hydrogens is 336 g/mol. The highest BCUT2D eigenvalue weighted by molar-refractivity contribution is 5.27. The Morgan fingerprint density at radius 2 is 1.85 bits per heavy atom. The summed E-state index contributed by atoms with van der Waals surface area (Å²) in [4.78, 5) is 2.17. The van der Waals surface area contributed by atoms with E-state index in [4.69, 9.17) is 9.52 Å². The second-order valence-electron chi connectivity index (χ2n) is 7.42. The van der Waals surface area contributed by atoms with Gasteiger partial charge in [0.2, 0.25) is 0 Å². The number of nitrogens with one attached hydrogen (secondary N) is 1. The molecule has 0 saturated heterocycles. The first-order valence-corrected chi connectivity index (χ1v) is 9.44. The van der Waals surface area contributed by atoms with Crippen LogP contribution >= 0.6 is 0 Å². The van der Waals surface area contributed by atoms with Crippen LogP contribution in [0.2, 0.25) is 0 Å². The molecule has 0 bridgehead atoms. The fourth-order valence-corrected chi connectivity index (χ4v) is 3.36. The van der Waals surface area contributed by atoms with E-state index in [1.807, 2.05) is 12.1 Å². The van der Waals surface area contributed by atoms with Gasteiger partial charge in [0.15, 0.2) is 0 Å². The number of furan rings is 1. The van der Waals surface area contributed by atoms with E-state index in [1.165, 1.54) is 22.4 Å². The lowest BCUT2D eigenvalue weighted by molar-refractivity contribution is 0.250. The molecule has 0 spiro atoms. The molecule has 2 aromatic heterocycles. The highest BCUT2D eigenvalue weighted by Crippen LogP contribution is 2.19. The minimum atomic E-state index is 0.211. The van der Waals surface area contributed by atoms with Crippen LogP contribution in [-0.2, 0) is 13.1 Å². The van der Waals surface area contributed by atoms with Gasteiger partial charge in [-0.25, -0.2) is 0 Å². The number of hydrogen-bond acceptors (Lipinski definition) is 4. The maximum Gasteiger partial charge on any atom is 0.122 e. The first-order valence-electron chi connectivity index (χ1n) is 9.44. The Morgan fingerprint density at radius 3 is 2.48 bits per heavy atom. The van der Waals surface area contributed by atoms with Gasteiger partial charge in [-0.1, -0.05) is 29.8 Å². The summed E-state index contributed by atoms with van der Waals surface area (Å²) in [6.45, 7) is 8.78. The SMILES string of the molecule is Cc1ccc(Cn2nc(C)c(CNC[C@H](c3ccco3)N(C)C)c2C)cc1. The summed E-state index contributed by atoms with van der Waals surface area (Å²) in [5.41, 5.74) is 6.14.